The second-order valence-electron chi connectivity index (χ2n) is 16.5. The van der Waals surface area contributed by atoms with Crippen molar-refractivity contribution in [1.82, 2.24) is 0 Å². The van der Waals surface area contributed by atoms with Gasteiger partial charge < -0.3 is 47.7 Å². The molecule has 15 heteroatoms. The van der Waals surface area contributed by atoms with Crippen LogP contribution in [0.5, 0.6) is 5.75 Å². The van der Waals surface area contributed by atoms with E-state index in [4.69, 9.17) is 42.6 Å². The highest BCUT2D eigenvalue weighted by Crippen LogP contribution is 2.38. The van der Waals surface area contributed by atoms with Crippen molar-refractivity contribution in [2.75, 3.05) is 19.8 Å². The molecule has 14 atom stereocenters. The normalized spacial score (nSPS) is 29.6. The molecular formula is C47H73NO14. The number of carbonyl (C=O) groups is 2. The van der Waals surface area contributed by atoms with Gasteiger partial charge in [-0.15, -0.1) is 0 Å². The maximum Gasteiger partial charge on any atom is 0.323 e. The third-order valence-electron chi connectivity index (χ3n) is 11.4. The first-order valence-electron chi connectivity index (χ1n) is 22.2. The van der Waals surface area contributed by atoms with Crippen molar-refractivity contribution in [1.29, 1.82) is 0 Å². The summed E-state index contributed by atoms with van der Waals surface area (Å²) < 4.78 is 54.7. The fraction of sp³-hybridized carbons (Fsp3) is 0.702. The first-order chi connectivity index (χ1) is 29.4. The lowest BCUT2D eigenvalue weighted by Crippen LogP contribution is -2.49. The summed E-state index contributed by atoms with van der Waals surface area (Å²) >= 11 is 0. The average Bonchev–Trinajstić information content (AvgIpc) is 3.97. The molecule has 0 radical (unpaired) electrons. The molecule has 0 aromatic heterocycles. The number of carboxylic acids is 1. The van der Waals surface area contributed by atoms with Gasteiger partial charge in [0.05, 0.1) is 29.3 Å². The molecule has 15 nitrogen and oxygen atoms in total. The number of allylic oxidation sites excluding steroid dienone is 3. The molecule has 14 unspecified atom stereocenters. The van der Waals surface area contributed by atoms with E-state index in [0.29, 0.717) is 31.1 Å². The number of esters is 1. The van der Waals surface area contributed by atoms with Crippen molar-refractivity contribution in [2.24, 2.45) is 23.7 Å². The fourth-order valence-corrected chi connectivity index (χ4v) is 8.01. The lowest BCUT2D eigenvalue weighted by molar-refractivity contribution is -0.384. The molecule has 1 aromatic carbocycles. The van der Waals surface area contributed by atoms with E-state index in [2.05, 4.69) is 26.8 Å². The molecule has 62 heavy (non-hydrogen) atoms. The Morgan fingerprint density at radius 2 is 1.61 bits per heavy atom. The number of hydrogen-bond acceptors (Lipinski definition) is 13. The maximum absolute atomic E-state index is 14.1. The highest BCUT2D eigenvalue weighted by molar-refractivity contribution is 5.94. The molecule has 2 heterocycles. The van der Waals surface area contributed by atoms with E-state index in [1.807, 2.05) is 65.8 Å². The highest BCUT2D eigenvalue weighted by atomic mass is 16.7. The smallest absolute Gasteiger partial charge is 0.323 e. The topological polar surface area (TPSA) is 184 Å². The quantitative estimate of drug-likeness (QED) is 0.0152. The zero-order valence-electron chi connectivity index (χ0n) is 38.9. The van der Waals surface area contributed by atoms with Gasteiger partial charge in [-0.25, -0.2) is 0 Å². The van der Waals surface area contributed by atoms with Gasteiger partial charge in [0.1, 0.15) is 23.6 Å². The minimum Gasteiger partial charge on any atom is -0.483 e. The molecule has 0 bridgehead atoms. The molecule has 3 rings (SSSR count). The van der Waals surface area contributed by atoms with Crippen LogP contribution in [0.15, 0.2) is 60.2 Å². The maximum atomic E-state index is 14.1. The van der Waals surface area contributed by atoms with E-state index in [1.165, 1.54) is 24.3 Å². The van der Waals surface area contributed by atoms with Gasteiger partial charge in [0.15, 0.2) is 24.8 Å². The number of nitrogens with zero attached hydrogens (tertiary/aromatic N) is 1. The Hall–Kier alpha value is -3.70. The van der Waals surface area contributed by atoms with E-state index in [9.17, 15) is 24.8 Å². The van der Waals surface area contributed by atoms with Gasteiger partial charge in [0.25, 0.3) is 5.69 Å². The zero-order valence-corrected chi connectivity index (χ0v) is 38.9. The molecule has 0 aliphatic carbocycles. The van der Waals surface area contributed by atoms with Crippen LogP contribution in [0.3, 0.4) is 0 Å². The van der Waals surface area contributed by atoms with Gasteiger partial charge in [-0.1, -0.05) is 52.0 Å². The molecule has 0 amide bonds. The number of carboxylic acid groups (broad SMARTS) is 1. The van der Waals surface area contributed by atoms with Gasteiger partial charge >= 0.3 is 11.9 Å². The summed E-state index contributed by atoms with van der Waals surface area (Å²) in [5.41, 5.74) is -0.623. The Labute approximate surface area is 368 Å². The van der Waals surface area contributed by atoms with E-state index in [-0.39, 0.29) is 55.0 Å². The van der Waals surface area contributed by atoms with Crippen LogP contribution in [0.25, 0.3) is 0 Å². The molecule has 1 aromatic rings. The van der Waals surface area contributed by atoms with Gasteiger partial charge in [-0.2, -0.15) is 0 Å². The van der Waals surface area contributed by atoms with Crippen molar-refractivity contribution in [3.05, 3.63) is 70.3 Å². The van der Waals surface area contributed by atoms with Gasteiger partial charge in [-0.05, 0) is 111 Å². The van der Waals surface area contributed by atoms with Crippen LogP contribution in [-0.2, 0) is 47.5 Å². The van der Waals surface area contributed by atoms with E-state index >= 15 is 0 Å². The van der Waals surface area contributed by atoms with Crippen LogP contribution in [0.2, 0.25) is 0 Å². The number of cyclic esters (lactones) is 1. The Kier molecular flexibility index (Phi) is 21.7. The number of hydrogen-bond donors (Lipinski definition) is 1. The highest BCUT2D eigenvalue weighted by Gasteiger charge is 2.47. The third-order valence-corrected chi connectivity index (χ3v) is 11.4. The van der Waals surface area contributed by atoms with E-state index < -0.39 is 65.2 Å². The Morgan fingerprint density at radius 1 is 0.984 bits per heavy atom. The van der Waals surface area contributed by atoms with Crippen LogP contribution >= 0.6 is 0 Å². The average molecular weight is 876 g/mol. The largest absolute Gasteiger partial charge is 0.483 e. The van der Waals surface area contributed by atoms with E-state index in [0.717, 1.165) is 12.8 Å². The minimum atomic E-state index is -1.71. The summed E-state index contributed by atoms with van der Waals surface area (Å²) in [7, 11) is 0. The van der Waals surface area contributed by atoms with Crippen molar-refractivity contribution < 1.29 is 62.3 Å². The van der Waals surface area contributed by atoms with Crippen LogP contribution in [-0.4, -0.2) is 103 Å². The number of ether oxygens (including phenoxy) is 9. The van der Waals surface area contributed by atoms with Gasteiger partial charge in [0, 0.05) is 43.8 Å². The predicted molar refractivity (Wildman–Crippen MR) is 233 cm³/mol. The molecule has 1 N–H and O–H groups in total. The number of carbonyl (C=O) groups excluding carboxylic acids is 1. The monoisotopic (exact) mass is 876 g/mol. The summed E-state index contributed by atoms with van der Waals surface area (Å²) in [6, 6.07) is 5.72. The number of aliphatic carboxylic acids is 1. The molecule has 0 spiro atoms. The van der Waals surface area contributed by atoms with Crippen molar-refractivity contribution in [3.8, 4) is 5.75 Å². The number of epoxide rings is 1. The summed E-state index contributed by atoms with van der Waals surface area (Å²) in [5.74, 6) is -3.84. The van der Waals surface area contributed by atoms with Crippen molar-refractivity contribution >= 4 is 17.6 Å². The van der Waals surface area contributed by atoms with Gasteiger partial charge in [0.2, 0.25) is 0 Å². The van der Waals surface area contributed by atoms with Crippen LogP contribution in [0, 0.1) is 33.8 Å². The molecule has 0 saturated carbocycles. The lowest BCUT2D eigenvalue weighted by Gasteiger charge is -2.40. The third kappa shape index (κ3) is 16.1. The first-order valence-corrected chi connectivity index (χ1v) is 22.2. The zero-order chi connectivity index (χ0) is 46.1. The van der Waals surface area contributed by atoms with Crippen LogP contribution in [0.1, 0.15) is 109 Å². The summed E-state index contributed by atoms with van der Waals surface area (Å²) in [6.07, 6.45) is 6.83. The molecule has 1 fully saturated rings. The Bertz CT molecular complexity index is 1630. The Balaban J connectivity index is 1.99. The lowest BCUT2D eigenvalue weighted by atomic mass is 9.86. The Morgan fingerprint density at radius 3 is 2.21 bits per heavy atom. The SMILES string of the molecule is CCOC(C)OC1CCC(C)(OC(C)OCC)C(Oc2ccc([N+](=O)[O-])cc2)/C=C\C(C)C(/C(C)=C/C=C/C(C)CC2OC2C(C)C(CC)OC(C)OCC)OC(=O)C1C(=O)O. The standard InChI is InChI=1S/C47H73NO14/c1-13-38(57-33(9)54-14-2)32(8)44-40(60-44)28-29(5)18-17-19-30(6)43-31(7)20-25-41(59-37-23-21-36(22-24-37)48(52)53)47(12,62-35(11)56-16-4)27-26-39(58-34(10)55-15-3)42(45(49)50)46(51)61-43/h17-25,29,31-35,38-44H,13-16,26-28H2,1-12H3,(H,49,50)/b18-17+,25-20-,30-19+. The summed E-state index contributed by atoms with van der Waals surface area (Å²) in [4.78, 5) is 38.0. The predicted octanol–water partition coefficient (Wildman–Crippen LogP) is 8.98. The summed E-state index contributed by atoms with van der Waals surface area (Å²) in [6.45, 7) is 24.0. The molecule has 350 valence electrons. The van der Waals surface area contributed by atoms with Gasteiger partial charge in [-0.3, -0.25) is 19.7 Å². The number of rotatable bonds is 24. The number of benzene rings is 1. The number of nitro benzene ring substituents is 1. The summed E-state index contributed by atoms with van der Waals surface area (Å²) in [5, 5.41) is 22.0. The molecular weight excluding hydrogens is 803 g/mol. The van der Waals surface area contributed by atoms with Crippen LogP contribution in [0.4, 0.5) is 5.69 Å². The second-order valence-corrected chi connectivity index (χ2v) is 16.5. The number of nitro groups is 1. The molecule has 2 aliphatic rings. The molecule has 1 saturated heterocycles. The van der Waals surface area contributed by atoms with Crippen LogP contribution < -0.4 is 4.74 Å². The number of non-ortho nitro benzene ring substituents is 1. The fourth-order valence-electron chi connectivity index (χ4n) is 8.01. The molecule has 2 aliphatic heterocycles. The van der Waals surface area contributed by atoms with Crippen molar-refractivity contribution in [2.45, 2.75) is 170 Å². The van der Waals surface area contributed by atoms with Crippen molar-refractivity contribution in [3.63, 3.8) is 0 Å². The second kappa shape index (κ2) is 25.6. The first kappa shape index (κ1) is 52.6. The minimum absolute atomic E-state index is 0.0192. The van der Waals surface area contributed by atoms with E-state index in [1.54, 1.807) is 20.8 Å².